The Morgan fingerprint density at radius 2 is 0.925 bits per heavy atom. The zero-order chi connectivity index (χ0) is 64.7. The van der Waals surface area contributed by atoms with Gasteiger partial charge in [-0.05, 0) is 152 Å². The van der Waals surface area contributed by atoms with Gasteiger partial charge in [-0.15, -0.1) is 0 Å². The minimum Gasteiger partial charge on any atom is -0.372 e. The van der Waals surface area contributed by atoms with E-state index in [-0.39, 0.29) is 89.1 Å². The molecule has 6 aliphatic heterocycles. The SMILES string of the molecule is CC1(CCC(=O)N2CCN(S(=O)(=O)c3ccc(N4CCCC(c5cccc(CCC(=O)N6CCN(S(=O)(=O)c7ccc(N8CCCC8)cc7)CC6)c5)C4)cc3)CC2)C=CC=C(C2CN(c3ccc(S(=O)(=O)N4CCN(C(=O)CCc5ccccc5)CC4)cc3)CCO2)C1. The predicted octanol–water partition coefficient (Wildman–Crippen LogP) is 8.01. The van der Waals surface area contributed by atoms with Gasteiger partial charge in [0.1, 0.15) is 0 Å². The van der Waals surface area contributed by atoms with Crippen LogP contribution < -0.4 is 14.7 Å². The van der Waals surface area contributed by atoms with Crippen LogP contribution in [0.3, 0.4) is 0 Å². The van der Waals surface area contributed by atoms with Crippen molar-refractivity contribution in [2.24, 2.45) is 5.41 Å². The molecule has 6 fully saturated rings. The summed E-state index contributed by atoms with van der Waals surface area (Å²) in [6, 6.07) is 39.8. The zero-order valence-electron chi connectivity index (χ0n) is 53.6. The van der Waals surface area contributed by atoms with Crippen molar-refractivity contribution in [1.82, 2.24) is 27.6 Å². The number of piperidine rings is 1. The van der Waals surface area contributed by atoms with Gasteiger partial charge < -0.3 is 34.1 Å². The number of hydrogen-bond acceptors (Lipinski definition) is 13. The van der Waals surface area contributed by atoms with Crippen molar-refractivity contribution in [3.63, 3.8) is 0 Å². The first-order valence-electron chi connectivity index (χ1n) is 33.4. The normalized spacial score (nSPS) is 22.5. The van der Waals surface area contributed by atoms with Gasteiger partial charge in [0.25, 0.3) is 0 Å². The third-order valence-corrected chi connectivity index (χ3v) is 25.9. The summed E-state index contributed by atoms with van der Waals surface area (Å²) in [6.07, 6.45) is 14.1. The summed E-state index contributed by atoms with van der Waals surface area (Å²) in [7, 11) is -11.2. The molecule has 3 unspecified atom stereocenters. The maximum absolute atomic E-state index is 14.1. The van der Waals surface area contributed by atoms with Gasteiger partial charge in [0.2, 0.25) is 47.8 Å². The molecule has 22 heteroatoms. The Kier molecular flexibility index (Phi) is 20.6. The molecule has 12 rings (SSSR count). The maximum atomic E-state index is 14.1. The van der Waals surface area contributed by atoms with Crippen LogP contribution >= 0.6 is 0 Å². The van der Waals surface area contributed by atoms with Gasteiger partial charge in [0.15, 0.2) is 0 Å². The molecule has 3 atom stereocenters. The van der Waals surface area contributed by atoms with Crippen LogP contribution in [0.15, 0.2) is 166 Å². The van der Waals surface area contributed by atoms with Crippen molar-refractivity contribution in [2.75, 3.05) is 139 Å². The number of carbonyl (C=O) groups is 3. The number of aryl methyl sites for hydroxylation is 2. The molecule has 3 amide bonds. The molecule has 0 saturated carbocycles. The number of piperazine rings is 3. The van der Waals surface area contributed by atoms with Crippen LogP contribution in [0.5, 0.6) is 0 Å². The number of amides is 3. The summed E-state index contributed by atoms with van der Waals surface area (Å²) in [5, 5.41) is 0. The highest BCUT2D eigenvalue weighted by Crippen LogP contribution is 2.39. The third-order valence-electron chi connectivity index (χ3n) is 20.1. The largest absolute Gasteiger partial charge is 0.372 e. The number of sulfonamides is 3. The first-order valence-corrected chi connectivity index (χ1v) is 37.7. The zero-order valence-corrected chi connectivity index (χ0v) is 56.0. The number of rotatable bonds is 20. The number of allylic oxidation sites excluding steroid dienone is 3. The highest BCUT2D eigenvalue weighted by molar-refractivity contribution is 7.89. The van der Waals surface area contributed by atoms with E-state index >= 15 is 0 Å². The van der Waals surface area contributed by atoms with Crippen LogP contribution in [0.4, 0.5) is 17.1 Å². The van der Waals surface area contributed by atoms with Crippen molar-refractivity contribution in [3.8, 4) is 0 Å². The van der Waals surface area contributed by atoms with Crippen LogP contribution in [-0.2, 0) is 62.0 Å². The standard InChI is InChI=1S/C71H89N9O10S3/c1-71(33-8-14-59(53-71)67-55-77(50-51-90-67)63-22-28-66(29-23-63)93(88,89)79-44-38-73(39-45-79)68(81)30-16-56-10-3-2-4-11-56)34-32-70(83)75-42-48-80(49-43-75)92(86,87)65-26-20-62(21-27-65)76-37-9-15-60(54-76)58-13-7-12-57(52-58)17-31-69(82)74-40-46-78(47-41-74)91(84,85)64-24-18-61(19-25-64)72-35-5-6-36-72/h2-4,7-8,10-14,18-29,33,52,60,67H,5-6,9,15-17,30-32,34-51,53-55H2,1H3. The Balaban J connectivity index is 0.558. The van der Waals surface area contributed by atoms with E-state index in [0.717, 1.165) is 92.0 Å². The van der Waals surface area contributed by atoms with Crippen LogP contribution in [0.2, 0.25) is 0 Å². The topological polar surface area (TPSA) is 192 Å². The van der Waals surface area contributed by atoms with Gasteiger partial charge in [0.05, 0.1) is 27.4 Å². The first-order chi connectivity index (χ1) is 44.9. The van der Waals surface area contributed by atoms with Crippen molar-refractivity contribution >= 4 is 64.9 Å². The molecular formula is C71H89N9O10S3. The number of nitrogens with zero attached hydrogens (tertiary/aromatic N) is 9. The van der Waals surface area contributed by atoms with Gasteiger partial charge in [0, 0.05) is 160 Å². The second kappa shape index (κ2) is 29.0. The number of anilines is 3. The Morgan fingerprint density at radius 1 is 0.473 bits per heavy atom. The monoisotopic (exact) mass is 1320 g/mol. The molecule has 19 nitrogen and oxygen atoms in total. The van der Waals surface area contributed by atoms with Crippen molar-refractivity contribution in [3.05, 3.63) is 168 Å². The fourth-order valence-corrected chi connectivity index (χ4v) is 18.7. The van der Waals surface area contributed by atoms with E-state index in [9.17, 15) is 39.6 Å². The first kappa shape index (κ1) is 66.1. The summed E-state index contributed by atoms with van der Waals surface area (Å²) >= 11 is 0. The van der Waals surface area contributed by atoms with Gasteiger partial charge in [-0.1, -0.05) is 79.7 Å². The van der Waals surface area contributed by atoms with E-state index in [2.05, 4.69) is 64.1 Å². The van der Waals surface area contributed by atoms with E-state index in [1.165, 1.54) is 18.5 Å². The summed E-state index contributed by atoms with van der Waals surface area (Å²) < 4.78 is 93.5. The van der Waals surface area contributed by atoms with Crippen molar-refractivity contribution < 1.29 is 44.4 Å². The number of carbonyl (C=O) groups excluding carboxylic acids is 3. The molecular weight excluding hydrogens is 1240 g/mol. The number of morpholine rings is 1. The second-order valence-corrected chi connectivity index (χ2v) is 32.1. The lowest BCUT2D eigenvalue weighted by Crippen LogP contribution is -2.50. The molecule has 0 aromatic heterocycles. The predicted molar refractivity (Wildman–Crippen MR) is 362 cm³/mol. The molecule has 6 saturated heterocycles. The Morgan fingerprint density at radius 3 is 1.44 bits per heavy atom. The van der Waals surface area contributed by atoms with E-state index in [0.29, 0.717) is 97.5 Å². The highest BCUT2D eigenvalue weighted by atomic mass is 32.2. The molecule has 5 aromatic carbocycles. The molecule has 496 valence electrons. The number of ether oxygens (including phenoxy) is 1. The number of benzene rings is 5. The molecule has 0 radical (unpaired) electrons. The lowest BCUT2D eigenvalue weighted by Gasteiger charge is -2.39. The van der Waals surface area contributed by atoms with Crippen LogP contribution in [-0.4, -0.2) is 201 Å². The average molecular weight is 1320 g/mol. The Hall–Kier alpha value is -6.92. The molecule has 0 spiro atoms. The maximum Gasteiger partial charge on any atom is 0.243 e. The highest BCUT2D eigenvalue weighted by Gasteiger charge is 2.37. The molecule has 0 bridgehead atoms. The molecule has 1 aliphatic carbocycles. The minimum absolute atomic E-state index is 0.00865. The van der Waals surface area contributed by atoms with E-state index in [1.54, 1.807) is 51.1 Å². The fourth-order valence-electron chi connectivity index (χ4n) is 14.4. The third kappa shape index (κ3) is 15.6. The summed E-state index contributed by atoms with van der Waals surface area (Å²) in [5.41, 5.74) is 7.18. The fraction of sp³-hybridized carbons (Fsp3) is 0.479. The van der Waals surface area contributed by atoms with Gasteiger partial charge >= 0.3 is 0 Å². The van der Waals surface area contributed by atoms with Gasteiger partial charge in [-0.25, -0.2) is 25.3 Å². The van der Waals surface area contributed by atoms with E-state index in [4.69, 9.17) is 4.74 Å². The second-order valence-electron chi connectivity index (χ2n) is 26.3. The Labute approximate surface area is 550 Å². The summed E-state index contributed by atoms with van der Waals surface area (Å²) in [6.45, 7) is 11.1. The summed E-state index contributed by atoms with van der Waals surface area (Å²) in [4.78, 5) is 53.1. The van der Waals surface area contributed by atoms with Crippen molar-refractivity contribution in [2.45, 2.75) is 104 Å². The lowest BCUT2D eigenvalue weighted by molar-refractivity contribution is -0.133. The quantitative estimate of drug-likeness (QED) is 0.0729. The van der Waals surface area contributed by atoms with Crippen LogP contribution in [0.25, 0.3) is 0 Å². The average Bonchev–Trinajstić information content (AvgIpc) is 2.07. The number of hydrogen-bond donors (Lipinski definition) is 0. The molecule has 7 aliphatic rings. The van der Waals surface area contributed by atoms with E-state index < -0.39 is 30.1 Å². The van der Waals surface area contributed by atoms with Crippen molar-refractivity contribution in [1.29, 1.82) is 0 Å². The minimum atomic E-state index is -3.80. The Bertz CT molecular complexity index is 3850. The van der Waals surface area contributed by atoms with E-state index in [1.807, 2.05) is 66.7 Å². The van der Waals surface area contributed by atoms with Crippen LogP contribution in [0.1, 0.15) is 87.3 Å². The smallest absolute Gasteiger partial charge is 0.243 e. The molecule has 6 heterocycles. The van der Waals surface area contributed by atoms with Gasteiger partial charge in [-0.2, -0.15) is 12.9 Å². The van der Waals surface area contributed by atoms with Crippen LogP contribution in [0, 0.1) is 5.41 Å². The molecule has 93 heavy (non-hydrogen) atoms. The lowest BCUT2D eigenvalue weighted by atomic mass is 9.75. The van der Waals surface area contributed by atoms with Gasteiger partial charge in [-0.3, -0.25) is 14.4 Å². The molecule has 0 N–H and O–H groups in total. The molecule has 5 aromatic rings. The summed E-state index contributed by atoms with van der Waals surface area (Å²) in [5.74, 6) is 0.330.